The molecule has 0 fully saturated rings. The molecule has 0 saturated heterocycles. The van der Waals surface area contributed by atoms with Gasteiger partial charge in [0, 0.05) is 37.1 Å². The van der Waals surface area contributed by atoms with E-state index < -0.39 is 7.26 Å². The summed E-state index contributed by atoms with van der Waals surface area (Å²) in [7, 11) is -0.744. The third kappa shape index (κ3) is 6.26. The molecule has 0 N–H and O–H groups in total. The monoisotopic (exact) mass is 449 g/mol. The van der Waals surface area contributed by atoms with Crippen molar-refractivity contribution in [3.63, 3.8) is 0 Å². The first-order valence-corrected chi connectivity index (χ1v) is 14.7. The Morgan fingerprint density at radius 1 is 0.656 bits per heavy atom. The number of aromatic nitrogens is 2. The van der Waals surface area contributed by atoms with Crippen LogP contribution in [-0.4, -0.2) is 24.6 Å². The number of rotatable bonds is 9. The molecule has 0 saturated carbocycles. The van der Waals surface area contributed by atoms with Crippen molar-refractivity contribution in [2.24, 2.45) is 0 Å². The van der Waals surface area contributed by atoms with Gasteiger partial charge >= 0.3 is 0 Å². The van der Waals surface area contributed by atoms with Gasteiger partial charge < -0.3 is 0 Å². The lowest BCUT2D eigenvalue weighted by Crippen LogP contribution is -2.35. The maximum absolute atomic E-state index is 2.39. The predicted molar refractivity (Wildman–Crippen MR) is 140 cm³/mol. The molecule has 2 heterocycles. The topological polar surface area (TPSA) is 7.76 Å². The van der Waals surface area contributed by atoms with Gasteiger partial charge in [0.1, 0.15) is 6.16 Å². The fraction of sp³-hybridized carbons (Fsp3) is 0.448. The summed E-state index contributed by atoms with van der Waals surface area (Å²) >= 11 is 0. The lowest BCUT2D eigenvalue weighted by molar-refractivity contribution is -0.692. The lowest BCUT2D eigenvalue weighted by atomic mass is 9.87. The van der Waals surface area contributed by atoms with Gasteiger partial charge in [-0.25, -0.2) is 9.13 Å². The fourth-order valence-electron chi connectivity index (χ4n) is 4.35. The standard InChI is InChI=1S/C29H42N2P/c1-7-32(8-2,9-3)23-22-30-18-14-26(15-19-30)27-16-20-31(21-17-27)24-25-10-12-28(13-11-25)29(4,5)6/h10-21H,7-9,22-24H2,1-6H3/q+3. The van der Waals surface area contributed by atoms with Gasteiger partial charge in [-0.2, -0.15) is 0 Å². The van der Waals surface area contributed by atoms with Crippen LogP contribution in [0.3, 0.4) is 0 Å². The highest BCUT2D eigenvalue weighted by Crippen LogP contribution is 2.57. The number of pyridine rings is 2. The van der Waals surface area contributed by atoms with Gasteiger partial charge in [0.05, 0.1) is 18.5 Å². The van der Waals surface area contributed by atoms with Crippen LogP contribution in [0.25, 0.3) is 11.1 Å². The maximum Gasteiger partial charge on any atom is 0.181 e. The van der Waals surface area contributed by atoms with E-state index in [2.05, 4.69) is 124 Å². The van der Waals surface area contributed by atoms with Crippen LogP contribution in [-0.2, 0) is 18.5 Å². The molecule has 0 atom stereocenters. The zero-order chi connectivity index (χ0) is 23.2. The summed E-state index contributed by atoms with van der Waals surface area (Å²) in [5.41, 5.74) is 5.48. The van der Waals surface area contributed by atoms with E-state index in [1.54, 1.807) is 0 Å². The Balaban J connectivity index is 1.62. The molecule has 0 aliphatic heterocycles. The first kappa shape index (κ1) is 24.6. The molecule has 2 aromatic heterocycles. The van der Waals surface area contributed by atoms with Crippen molar-refractivity contribution in [3.05, 3.63) is 84.4 Å². The van der Waals surface area contributed by atoms with Crippen molar-refractivity contribution in [2.45, 2.75) is 60.0 Å². The summed E-state index contributed by atoms with van der Waals surface area (Å²) < 4.78 is 4.62. The van der Waals surface area contributed by atoms with Crippen molar-refractivity contribution in [2.75, 3.05) is 24.6 Å². The molecule has 0 bridgehead atoms. The third-order valence-electron chi connectivity index (χ3n) is 7.15. The normalized spacial score (nSPS) is 12.2. The van der Waals surface area contributed by atoms with Crippen molar-refractivity contribution in [1.29, 1.82) is 0 Å². The van der Waals surface area contributed by atoms with Crippen LogP contribution in [0.15, 0.2) is 73.3 Å². The highest BCUT2D eigenvalue weighted by molar-refractivity contribution is 7.75. The summed E-state index contributed by atoms with van der Waals surface area (Å²) in [6.07, 6.45) is 14.4. The molecular formula is C29H42N2P+3. The van der Waals surface area contributed by atoms with Gasteiger partial charge in [0.2, 0.25) is 0 Å². The maximum atomic E-state index is 2.39. The number of hydrogen-bond donors (Lipinski definition) is 0. The molecule has 32 heavy (non-hydrogen) atoms. The molecule has 3 rings (SSSR count). The molecule has 2 nitrogen and oxygen atoms in total. The zero-order valence-electron chi connectivity index (χ0n) is 21.0. The average molecular weight is 450 g/mol. The van der Waals surface area contributed by atoms with Gasteiger partial charge in [-0.3, -0.25) is 0 Å². The van der Waals surface area contributed by atoms with Crippen molar-refractivity contribution >= 4 is 7.26 Å². The van der Waals surface area contributed by atoms with Gasteiger partial charge in [-0.05, 0) is 42.9 Å². The second kappa shape index (κ2) is 10.7. The lowest BCUT2D eigenvalue weighted by Gasteiger charge is -2.21. The van der Waals surface area contributed by atoms with E-state index >= 15 is 0 Å². The summed E-state index contributed by atoms with van der Waals surface area (Å²) in [5, 5.41) is 0. The molecule has 0 amide bonds. The molecule has 0 unspecified atom stereocenters. The van der Waals surface area contributed by atoms with Crippen LogP contribution in [0, 0.1) is 0 Å². The average Bonchev–Trinajstić information content (AvgIpc) is 2.81. The second-order valence-electron chi connectivity index (χ2n) is 10.0. The fourth-order valence-corrected chi connectivity index (χ4v) is 7.29. The van der Waals surface area contributed by atoms with E-state index in [1.165, 1.54) is 46.9 Å². The molecule has 0 aliphatic carbocycles. The van der Waals surface area contributed by atoms with Crippen LogP contribution in [0.1, 0.15) is 52.7 Å². The Hall–Kier alpha value is -2.05. The molecule has 0 radical (unpaired) electrons. The molecule has 3 aromatic rings. The van der Waals surface area contributed by atoms with Gasteiger partial charge in [0.25, 0.3) is 0 Å². The van der Waals surface area contributed by atoms with E-state index in [0.29, 0.717) is 0 Å². The van der Waals surface area contributed by atoms with E-state index in [0.717, 1.165) is 13.1 Å². The van der Waals surface area contributed by atoms with Crippen LogP contribution < -0.4 is 9.13 Å². The molecule has 0 aliphatic rings. The minimum atomic E-state index is -0.744. The third-order valence-corrected chi connectivity index (χ3v) is 12.3. The van der Waals surface area contributed by atoms with Crippen molar-refractivity contribution in [1.82, 2.24) is 0 Å². The summed E-state index contributed by atoms with van der Waals surface area (Å²) in [6, 6.07) is 18.0. The van der Waals surface area contributed by atoms with Crippen molar-refractivity contribution < 1.29 is 9.13 Å². The highest BCUT2D eigenvalue weighted by Gasteiger charge is 2.32. The molecular weight excluding hydrogens is 407 g/mol. The minimum Gasteiger partial charge on any atom is -0.201 e. The minimum absolute atomic E-state index is 0.202. The van der Waals surface area contributed by atoms with Gasteiger partial charge in [0.15, 0.2) is 37.9 Å². The summed E-state index contributed by atoms with van der Waals surface area (Å²) in [5.74, 6) is 0. The molecule has 170 valence electrons. The predicted octanol–water partition coefficient (Wildman–Crippen LogP) is 6.35. The Kier molecular flexibility index (Phi) is 8.23. The first-order chi connectivity index (χ1) is 15.3. The Labute approximate surface area is 196 Å². The molecule has 3 heteroatoms. The van der Waals surface area contributed by atoms with E-state index in [1.807, 2.05) is 0 Å². The molecule has 0 spiro atoms. The summed E-state index contributed by atoms with van der Waals surface area (Å²) in [6.45, 7) is 16.0. The van der Waals surface area contributed by atoms with Crippen LogP contribution >= 0.6 is 7.26 Å². The van der Waals surface area contributed by atoms with E-state index in [9.17, 15) is 0 Å². The van der Waals surface area contributed by atoms with Crippen LogP contribution in [0.5, 0.6) is 0 Å². The Morgan fingerprint density at radius 3 is 1.56 bits per heavy atom. The second-order valence-corrected chi connectivity index (χ2v) is 15.1. The summed E-state index contributed by atoms with van der Waals surface area (Å²) in [4.78, 5) is 0. The van der Waals surface area contributed by atoms with Gasteiger partial charge in [-0.1, -0.05) is 45.0 Å². The molecule has 1 aromatic carbocycles. The number of nitrogens with zero attached hydrogens (tertiary/aromatic N) is 2. The van der Waals surface area contributed by atoms with Gasteiger partial charge in [-0.15, -0.1) is 0 Å². The number of aryl methyl sites for hydroxylation is 1. The smallest absolute Gasteiger partial charge is 0.181 e. The van der Waals surface area contributed by atoms with E-state index in [-0.39, 0.29) is 5.41 Å². The zero-order valence-corrected chi connectivity index (χ0v) is 21.9. The largest absolute Gasteiger partial charge is 0.201 e. The number of hydrogen-bond acceptors (Lipinski definition) is 0. The highest BCUT2D eigenvalue weighted by atomic mass is 31.2. The quantitative estimate of drug-likeness (QED) is 0.266. The SMILES string of the molecule is CC[P+](CC)(CC)CC[n+]1ccc(-c2cc[n+](Cc3ccc(C(C)(C)C)cc3)cc2)cc1. The van der Waals surface area contributed by atoms with Crippen molar-refractivity contribution in [3.8, 4) is 11.1 Å². The van der Waals surface area contributed by atoms with E-state index in [4.69, 9.17) is 0 Å². The first-order valence-electron chi connectivity index (χ1n) is 12.2. The Bertz CT molecular complexity index is 955. The Morgan fingerprint density at radius 2 is 1.12 bits per heavy atom. The number of benzene rings is 1. The van der Waals surface area contributed by atoms with Crippen LogP contribution in [0.2, 0.25) is 0 Å². The van der Waals surface area contributed by atoms with Crippen LogP contribution in [0.4, 0.5) is 0 Å².